The number of aliphatic hydroxyl groups is 1. The molecule has 0 fully saturated rings. The van der Waals surface area contributed by atoms with Crippen molar-refractivity contribution >= 4 is 45.2 Å². The largest absolute Gasteiger partial charge is 0.493 e. The molecule has 0 aliphatic carbocycles. The van der Waals surface area contributed by atoms with E-state index >= 15 is 0 Å². The van der Waals surface area contributed by atoms with Gasteiger partial charge in [-0.15, -0.1) is 0 Å². The Kier molecular flexibility index (Phi) is 7.86. The number of carbonyl (C=O) groups is 1. The molecule has 1 unspecified atom stereocenters. The van der Waals surface area contributed by atoms with Gasteiger partial charge in [0.15, 0.2) is 11.5 Å². The summed E-state index contributed by atoms with van der Waals surface area (Å²) in [5, 5.41) is 11.7. The van der Waals surface area contributed by atoms with E-state index < -0.39 is 22.7 Å². The number of hydrogen-bond acceptors (Lipinski definition) is 6. The number of hydrogen-bond donors (Lipinski definition) is 1. The third-order valence-electron chi connectivity index (χ3n) is 4.94. The minimum Gasteiger partial charge on any atom is -0.493 e. The van der Waals surface area contributed by atoms with Crippen molar-refractivity contribution in [2.24, 2.45) is 0 Å². The van der Waals surface area contributed by atoms with Gasteiger partial charge in [-0.1, -0.05) is 41.4 Å². The standard InChI is InChI=1S/C23H21Cl2NO6S/c1-31-21-10-8-16(14-22(21)32-2)33(29,30)26(11-12-27)20-9-7-15(24)13-18(20)23(28)17-5-3-4-6-19(17)25/h3-10,12-14,23,28H,11H2,1-2H3. The molecule has 0 saturated heterocycles. The summed E-state index contributed by atoms with van der Waals surface area (Å²) in [6.07, 6.45) is -0.847. The predicted octanol–water partition coefficient (Wildman–Crippen LogP) is 4.49. The van der Waals surface area contributed by atoms with E-state index in [9.17, 15) is 18.3 Å². The Bertz CT molecular complexity index is 1270. The number of halogens is 2. The van der Waals surface area contributed by atoms with Gasteiger partial charge in [-0.3, -0.25) is 4.31 Å². The summed E-state index contributed by atoms with van der Waals surface area (Å²) in [5.41, 5.74) is 0.604. The van der Waals surface area contributed by atoms with E-state index in [1.165, 1.54) is 50.6 Å². The Balaban J connectivity index is 2.18. The first kappa shape index (κ1) is 24.9. The maximum absolute atomic E-state index is 13.6. The van der Waals surface area contributed by atoms with Crippen LogP contribution in [0.2, 0.25) is 10.0 Å². The van der Waals surface area contributed by atoms with Crippen LogP contribution in [-0.2, 0) is 14.8 Å². The smallest absolute Gasteiger partial charge is 0.264 e. The molecule has 3 rings (SSSR count). The van der Waals surface area contributed by atoms with E-state index in [1.54, 1.807) is 24.3 Å². The van der Waals surface area contributed by atoms with Crippen LogP contribution in [0.25, 0.3) is 0 Å². The Morgan fingerprint density at radius 3 is 2.30 bits per heavy atom. The van der Waals surface area contributed by atoms with Gasteiger partial charge in [-0.25, -0.2) is 8.42 Å². The summed E-state index contributed by atoms with van der Waals surface area (Å²) in [6, 6.07) is 15.1. The fourth-order valence-corrected chi connectivity index (χ4v) is 5.19. The molecule has 1 atom stereocenters. The van der Waals surface area contributed by atoms with Gasteiger partial charge in [-0.05, 0) is 36.4 Å². The second-order valence-corrected chi connectivity index (χ2v) is 9.55. The Labute approximate surface area is 202 Å². The zero-order valence-corrected chi connectivity index (χ0v) is 20.1. The van der Waals surface area contributed by atoms with E-state index in [2.05, 4.69) is 0 Å². The monoisotopic (exact) mass is 509 g/mol. The highest BCUT2D eigenvalue weighted by Crippen LogP contribution is 2.38. The number of sulfonamides is 1. The zero-order chi connectivity index (χ0) is 24.2. The maximum atomic E-state index is 13.6. The lowest BCUT2D eigenvalue weighted by Crippen LogP contribution is -2.34. The van der Waals surface area contributed by atoms with Crippen molar-refractivity contribution in [2.75, 3.05) is 25.1 Å². The third kappa shape index (κ3) is 5.09. The molecule has 0 aliphatic heterocycles. The lowest BCUT2D eigenvalue weighted by Gasteiger charge is -2.27. The topological polar surface area (TPSA) is 93.1 Å². The summed E-state index contributed by atoms with van der Waals surface area (Å²) < 4.78 is 38.5. The summed E-state index contributed by atoms with van der Waals surface area (Å²) in [4.78, 5) is 11.4. The van der Waals surface area contributed by atoms with E-state index in [0.717, 1.165) is 4.31 Å². The molecule has 33 heavy (non-hydrogen) atoms. The van der Waals surface area contributed by atoms with Crippen LogP contribution < -0.4 is 13.8 Å². The van der Waals surface area contributed by atoms with Crippen LogP contribution in [0.3, 0.4) is 0 Å². The number of benzene rings is 3. The highest BCUT2D eigenvalue weighted by Gasteiger charge is 2.30. The number of nitrogens with zero attached hydrogens (tertiary/aromatic N) is 1. The van der Waals surface area contributed by atoms with E-state index in [1.807, 2.05) is 0 Å². The minimum absolute atomic E-state index is 0.0775. The Morgan fingerprint density at radius 1 is 0.970 bits per heavy atom. The molecule has 0 saturated carbocycles. The van der Waals surface area contributed by atoms with Crippen LogP contribution in [0, 0.1) is 0 Å². The molecule has 0 spiro atoms. The lowest BCUT2D eigenvalue weighted by atomic mass is 9.99. The van der Waals surface area contributed by atoms with Crippen LogP contribution in [-0.4, -0.2) is 40.6 Å². The average molecular weight is 510 g/mol. The summed E-state index contributed by atoms with van der Waals surface area (Å²) in [5.74, 6) is 0.553. The van der Waals surface area contributed by atoms with Gasteiger partial charge >= 0.3 is 0 Å². The molecular weight excluding hydrogens is 489 g/mol. The number of aldehydes is 1. The summed E-state index contributed by atoms with van der Waals surface area (Å²) >= 11 is 12.4. The molecular formula is C23H21Cl2NO6S. The van der Waals surface area contributed by atoms with Crippen molar-refractivity contribution in [1.82, 2.24) is 0 Å². The molecule has 7 nitrogen and oxygen atoms in total. The number of methoxy groups -OCH3 is 2. The first-order valence-electron chi connectivity index (χ1n) is 9.65. The zero-order valence-electron chi connectivity index (χ0n) is 17.7. The van der Waals surface area contributed by atoms with Crippen molar-refractivity contribution in [1.29, 1.82) is 0 Å². The van der Waals surface area contributed by atoms with Crippen molar-refractivity contribution in [3.8, 4) is 11.5 Å². The predicted molar refractivity (Wildman–Crippen MR) is 127 cm³/mol. The first-order chi connectivity index (χ1) is 15.7. The molecule has 3 aromatic carbocycles. The van der Waals surface area contributed by atoms with E-state index in [4.69, 9.17) is 32.7 Å². The normalized spacial score (nSPS) is 12.2. The Morgan fingerprint density at radius 2 is 1.67 bits per heavy atom. The highest BCUT2D eigenvalue weighted by atomic mass is 35.5. The molecule has 0 bridgehead atoms. The summed E-state index contributed by atoms with van der Waals surface area (Å²) in [6.45, 7) is -0.499. The fourth-order valence-electron chi connectivity index (χ4n) is 3.33. The molecule has 0 aromatic heterocycles. The quantitative estimate of drug-likeness (QED) is 0.427. The lowest BCUT2D eigenvalue weighted by molar-refractivity contribution is -0.106. The van der Waals surface area contributed by atoms with Crippen LogP contribution in [0.4, 0.5) is 5.69 Å². The maximum Gasteiger partial charge on any atom is 0.264 e. The molecule has 0 amide bonds. The van der Waals surface area contributed by atoms with Gasteiger partial charge in [-0.2, -0.15) is 0 Å². The van der Waals surface area contributed by atoms with E-state index in [-0.39, 0.29) is 26.9 Å². The molecule has 0 radical (unpaired) electrons. The van der Waals surface area contributed by atoms with Crippen molar-refractivity contribution < 1.29 is 27.8 Å². The SMILES string of the molecule is COc1ccc(S(=O)(=O)N(CC=O)c2ccc(Cl)cc2C(O)c2ccccc2Cl)cc1OC. The van der Waals surface area contributed by atoms with Gasteiger partial charge in [0.2, 0.25) is 0 Å². The van der Waals surface area contributed by atoms with Crippen LogP contribution >= 0.6 is 23.2 Å². The molecule has 0 heterocycles. The summed E-state index contributed by atoms with van der Waals surface area (Å²) in [7, 11) is -1.44. The number of carbonyl (C=O) groups excluding carboxylic acids is 1. The minimum atomic E-state index is -4.26. The van der Waals surface area contributed by atoms with Crippen molar-refractivity contribution in [3.05, 3.63) is 81.8 Å². The third-order valence-corrected chi connectivity index (χ3v) is 7.29. The van der Waals surface area contributed by atoms with Gasteiger partial charge in [0.1, 0.15) is 12.4 Å². The number of anilines is 1. The van der Waals surface area contributed by atoms with Crippen molar-refractivity contribution in [2.45, 2.75) is 11.0 Å². The first-order valence-corrected chi connectivity index (χ1v) is 11.8. The molecule has 174 valence electrons. The Hall–Kier alpha value is -2.78. The van der Waals surface area contributed by atoms with Crippen molar-refractivity contribution in [3.63, 3.8) is 0 Å². The second-order valence-electron chi connectivity index (χ2n) is 6.85. The highest BCUT2D eigenvalue weighted by molar-refractivity contribution is 7.92. The number of ether oxygens (including phenoxy) is 2. The second kappa shape index (κ2) is 10.4. The number of aliphatic hydroxyl groups excluding tert-OH is 1. The van der Waals surface area contributed by atoms with Gasteiger partial charge < -0.3 is 19.4 Å². The molecule has 1 N–H and O–H groups in total. The van der Waals surface area contributed by atoms with Gasteiger partial charge in [0.05, 0.1) is 31.3 Å². The average Bonchev–Trinajstić information content (AvgIpc) is 2.82. The van der Waals surface area contributed by atoms with Crippen LogP contribution in [0.5, 0.6) is 11.5 Å². The number of rotatable bonds is 9. The van der Waals surface area contributed by atoms with Gasteiger partial charge in [0, 0.05) is 27.2 Å². The van der Waals surface area contributed by atoms with E-state index in [0.29, 0.717) is 22.6 Å². The van der Waals surface area contributed by atoms with Crippen LogP contribution in [0.1, 0.15) is 17.2 Å². The molecule has 10 heteroatoms. The van der Waals surface area contributed by atoms with Crippen LogP contribution in [0.15, 0.2) is 65.6 Å². The fraction of sp³-hybridized carbons (Fsp3) is 0.174. The van der Waals surface area contributed by atoms with Gasteiger partial charge in [0.25, 0.3) is 10.0 Å². The molecule has 3 aromatic rings. The molecule has 0 aliphatic rings.